The van der Waals surface area contributed by atoms with Gasteiger partial charge in [0.15, 0.2) is 0 Å². The lowest BCUT2D eigenvalue weighted by Crippen LogP contribution is -2.05. The summed E-state index contributed by atoms with van der Waals surface area (Å²) in [6.07, 6.45) is 5.34. The predicted octanol–water partition coefficient (Wildman–Crippen LogP) is 3.13. The van der Waals surface area contributed by atoms with Crippen LogP contribution in [0, 0.1) is 12.3 Å². The highest BCUT2D eigenvalue weighted by molar-refractivity contribution is 5.84. The van der Waals surface area contributed by atoms with Gasteiger partial charge >= 0.3 is 5.97 Å². The zero-order valence-electron chi connectivity index (χ0n) is 10.4. The summed E-state index contributed by atoms with van der Waals surface area (Å²) < 4.78 is 5.23. The molecule has 0 aliphatic rings. The molecule has 0 saturated heterocycles. The number of hydrogen-bond donors (Lipinski definition) is 2. The molecule has 0 aliphatic heterocycles. The Balaban J connectivity index is 2.13. The third-order valence-electron chi connectivity index (χ3n) is 2.68. The summed E-state index contributed by atoms with van der Waals surface area (Å²) in [5.74, 6) is 1.97. The Hall–Kier alpha value is -2.67. The molecule has 0 aliphatic carbocycles. The first-order valence-corrected chi connectivity index (χ1v) is 5.76. The van der Waals surface area contributed by atoms with Crippen LogP contribution in [-0.2, 0) is 0 Å². The number of rotatable bonds is 4. The SMILES string of the molecule is C#Cc1cccc(NC(C)c2ccc(C(=O)O)o2)c1. The van der Waals surface area contributed by atoms with Gasteiger partial charge in [0.25, 0.3) is 0 Å². The van der Waals surface area contributed by atoms with Crippen molar-refractivity contribution >= 4 is 11.7 Å². The van der Waals surface area contributed by atoms with Gasteiger partial charge in [-0.25, -0.2) is 4.79 Å². The topological polar surface area (TPSA) is 62.5 Å². The molecule has 0 saturated carbocycles. The van der Waals surface area contributed by atoms with Crippen LogP contribution in [0.3, 0.4) is 0 Å². The highest BCUT2D eigenvalue weighted by Gasteiger charge is 2.14. The number of anilines is 1. The van der Waals surface area contributed by atoms with Gasteiger partial charge in [-0.2, -0.15) is 0 Å². The van der Waals surface area contributed by atoms with Gasteiger partial charge < -0.3 is 14.8 Å². The molecule has 0 radical (unpaired) electrons. The number of carbonyl (C=O) groups is 1. The van der Waals surface area contributed by atoms with Crippen molar-refractivity contribution in [3.63, 3.8) is 0 Å². The number of terminal acetylenes is 1. The van der Waals surface area contributed by atoms with E-state index in [-0.39, 0.29) is 11.8 Å². The summed E-state index contributed by atoms with van der Waals surface area (Å²) in [5.41, 5.74) is 1.64. The third-order valence-corrected chi connectivity index (χ3v) is 2.68. The molecule has 1 unspecified atom stereocenters. The lowest BCUT2D eigenvalue weighted by atomic mass is 10.2. The normalized spacial score (nSPS) is 11.6. The average Bonchev–Trinajstić information content (AvgIpc) is 2.89. The van der Waals surface area contributed by atoms with E-state index in [1.165, 1.54) is 6.07 Å². The van der Waals surface area contributed by atoms with Crippen LogP contribution in [0.5, 0.6) is 0 Å². The predicted molar refractivity (Wildman–Crippen MR) is 72.1 cm³/mol. The summed E-state index contributed by atoms with van der Waals surface area (Å²) in [5, 5.41) is 12.0. The molecule has 0 fully saturated rings. The Labute approximate surface area is 111 Å². The van der Waals surface area contributed by atoms with Crippen molar-refractivity contribution in [2.24, 2.45) is 0 Å². The summed E-state index contributed by atoms with van der Waals surface area (Å²) >= 11 is 0. The molecular formula is C15H13NO3. The van der Waals surface area contributed by atoms with Gasteiger partial charge in [-0.3, -0.25) is 0 Å². The van der Waals surface area contributed by atoms with Crippen LogP contribution in [0.1, 0.15) is 34.8 Å². The van der Waals surface area contributed by atoms with Gasteiger partial charge in [-0.15, -0.1) is 6.42 Å². The summed E-state index contributed by atoms with van der Waals surface area (Å²) in [7, 11) is 0. The van der Waals surface area contributed by atoms with Crippen LogP contribution in [0.25, 0.3) is 0 Å². The van der Waals surface area contributed by atoms with Crippen molar-refractivity contribution < 1.29 is 14.3 Å². The summed E-state index contributed by atoms with van der Waals surface area (Å²) in [6.45, 7) is 1.88. The number of furan rings is 1. The maximum Gasteiger partial charge on any atom is 0.371 e. The first-order valence-electron chi connectivity index (χ1n) is 5.76. The van der Waals surface area contributed by atoms with Crippen molar-refractivity contribution in [2.45, 2.75) is 13.0 Å². The highest BCUT2D eigenvalue weighted by Crippen LogP contribution is 2.21. The van der Waals surface area contributed by atoms with Gasteiger partial charge in [0.1, 0.15) is 5.76 Å². The fraction of sp³-hybridized carbons (Fsp3) is 0.133. The number of carboxylic acid groups (broad SMARTS) is 1. The molecule has 2 rings (SSSR count). The Morgan fingerprint density at radius 1 is 1.42 bits per heavy atom. The molecule has 0 amide bonds. The van der Waals surface area contributed by atoms with Crippen LogP contribution in [-0.4, -0.2) is 11.1 Å². The number of hydrogen-bond acceptors (Lipinski definition) is 3. The Bertz CT molecular complexity index is 637. The van der Waals surface area contributed by atoms with Crippen LogP contribution < -0.4 is 5.32 Å². The molecule has 0 bridgehead atoms. The zero-order valence-corrected chi connectivity index (χ0v) is 10.4. The second-order valence-corrected chi connectivity index (χ2v) is 4.10. The number of carboxylic acids is 1. The molecule has 19 heavy (non-hydrogen) atoms. The van der Waals surface area contributed by atoms with E-state index in [1.807, 2.05) is 31.2 Å². The van der Waals surface area contributed by atoms with Crippen molar-refractivity contribution in [1.82, 2.24) is 0 Å². The molecule has 1 aromatic carbocycles. The number of benzene rings is 1. The quantitative estimate of drug-likeness (QED) is 0.824. The fourth-order valence-electron chi connectivity index (χ4n) is 1.72. The first kappa shape index (κ1) is 12.8. The molecule has 0 spiro atoms. The minimum atomic E-state index is -1.08. The van der Waals surface area contributed by atoms with Gasteiger partial charge in [0.05, 0.1) is 6.04 Å². The molecular weight excluding hydrogens is 242 g/mol. The van der Waals surface area contributed by atoms with Gasteiger partial charge in [0, 0.05) is 11.3 Å². The number of aromatic carboxylic acids is 1. The highest BCUT2D eigenvalue weighted by atomic mass is 16.4. The van der Waals surface area contributed by atoms with Gasteiger partial charge in [0.2, 0.25) is 5.76 Å². The Morgan fingerprint density at radius 3 is 2.84 bits per heavy atom. The van der Waals surface area contributed by atoms with Crippen molar-refractivity contribution in [3.05, 3.63) is 53.5 Å². The summed E-state index contributed by atoms with van der Waals surface area (Å²) in [4.78, 5) is 10.7. The van der Waals surface area contributed by atoms with E-state index >= 15 is 0 Å². The monoisotopic (exact) mass is 255 g/mol. The first-order chi connectivity index (χ1) is 9.10. The molecule has 1 atom stereocenters. The minimum absolute atomic E-state index is 0.0685. The zero-order chi connectivity index (χ0) is 13.8. The van der Waals surface area contributed by atoms with E-state index in [0.29, 0.717) is 5.76 Å². The second kappa shape index (κ2) is 5.32. The maximum absolute atomic E-state index is 10.7. The fourth-order valence-corrected chi connectivity index (χ4v) is 1.72. The number of nitrogens with one attached hydrogen (secondary N) is 1. The van der Waals surface area contributed by atoms with Crippen LogP contribution in [0.15, 0.2) is 40.8 Å². The van der Waals surface area contributed by atoms with Crippen LogP contribution >= 0.6 is 0 Å². The smallest absolute Gasteiger partial charge is 0.371 e. The summed E-state index contributed by atoms with van der Waals surface area (Å²) in [6, 6.07) is 10.4. The second-order valence-electron chi connectivity index (χ2n) is 4.10. The van der Waals surface area contributed by atoms with Crippen molar-refractivity contribution in [1.29, 1.82) is 0 Å². The van der Waals surface area contributed by atoms with Crippen molar-refractivity contribution in [3.8, 4) is 12.3 Å². The molecule has 2 N–H and O–H groups in total. The largest absolute Gasteiger partial charge is 0.475 e. The Morgan fingerprint density at radius 2 is 2.21 bits per heavy atom. The van der Waals surface area contributed by atoms with E-state index in [2.05, 4.69) is 11.2 Å². The van der Waals surface area contributed by atoms with Gasteiger partial charge in [-0.1, -0.05) is 12.0 Å². The molecule has 2 aromatic rings. The molecule has 4 nitrogen and oxygen atoms in total. The van der Waals surface area contributed by atoms with E-state index in [1.54, 1.807) is 6.07 Å². The molecule has 4 heteroatoms. The standard InChI is InChI=1S/C15H13NO3/c1-3-11-5-4-6-12(9-11)16-10(2)13-7-8-14(19-13)15(17)18/h1,4-10,16H,2H3,(H,17,18). The van der Waals surface area contributed by atoms with Crippen LogP contribution in [0.4, 0.5) is 5.69 Å². The third kappa shape index (κ3) is 2.96. The molecule has 1 aromatic heterocycles. The maximum atomic E-state index is 10.7. The van der Waals surface area contributed by atoms with Gasteiger partial charge in [-0.05, 0) is 37.3 Å². The van der Waals surface area contributed by atoms with E-state index in [4.69, 9.17) is 15.9 Å². The lowest BCUT2D eigenvalue weighted by Gasteiger charge is -2.13. The molecule has 1 heterocycles. The Kier molecular flexibility index (Phi) is 3.58. The minimum Gasteiger partial charge on any atom is -0.475 e. The lowest BCUT2D eigenvalue weighted by molar-refractivity contribution is 0.0660. The van der Waals surface area contributed by atoms with Crippen molar-refractivity contribution in [2.75, 3.05) is 5.32 Å². The van der Waals surface area contributed by atoms with E-state index < -0.39 is 5.97 Å². The van der Waals surface area contributed by atoms with E-state index in [0.717, 1.165) is 11.3 Å². The van der Waals surface area contributed by atoms with E-state index in [9.17, 15) is 4.79 Å². The van der Waals surface area contributed by atoms with Crippen LogP contribution in [0.2, 0.25) is 0 Å². The molecule has 96 valence electrons. The average molecular weight is 255 g/mol.